The Hall–Kier alpha value is -3.09. The molecule has 0 atom stereocenters. The van der Waals surface area contributed by atoms with Crippen LogP contribution in [0.25, 0.3) is 22.6 Å². The van der Waals surface area contributed by atoms with Crippen molar-refractivity contribution in [2.75, 3.05) is 11.4 Å². The number of rotatable bonds is 2. The summed E-state index contributed by atoms with van der Waals surface area (Å²) < 4.78 is 45.4. The highest BCUT2D eigenvalue weighted by Crippen LogP contribution is 2.35. The topological polar surface area (TPSA) is 42.2 Å². The molecule has 3 heterocycles. The monoisotopic (exact) mass is 343 g/mol. The lowest BCUT2D eigenvalue weighted by Gasteiger charge is -2.29. The van der Waals surface area contributed by atoms with Crippen LogP contribution in [0.4, 0.5) is 18.9 Å². The van der Waals surface area contributed by atoms with Gasteiger partial charge < -0.3 is 9.32 Å². The maximum atomic E-state index is 13.2. The Balaban J connectivity index is 1.74. The standard InChI is InChI=1S/C18H12F3N3O/c19-18(20,21)16-5-1-2-9-24(16)13-6-7-15-14(10-13)23-17(25-15)12-4-3-8-22-11-12/h1-8,10-11H,9H2. The van der Waals surface area contributed by atoms with Crippen LogP contribution in [0.3, 0.4) is 0 Å². The van der Waals surface area contributed by atoms with E-state index in [1.807, 2.05) is 0 Å². The van der Waals surface area contributed by atoms with Crippen LogP contribution in [0.1, 0.15) is 0 Å². The highest BCUT2D eigenvalue weighted by molar-refractivity contribution is 5.81. The molecular formula is C18H12F3N3O. The zero-order valence-corrected chi connectivity index (χ0v) is 12.9. The van der Waals surface area contributed by atoms with Crippen molar-refractivity contribution in [3.63, 3.8) is 0 Å². The summed E-state index contributed by atoms with van der Waals surface area (Å²) in [6.45, 7) is 0.143. The van der Waals surface area contributed by atoms with Crippen molar-refractivity contribution in [1.82, 2.24) is 9.97 Å². The van der Waals surface area contributed by atoms with Gasteiger partial charge in [-0.1, -0.05) is 12.2 Å². The van der Waals surface area contributed by atoms with Gasteiger partial charge in [-0.2, -0.15) is 13.2 Å². The number of halogens is 3. The van der Waals surface area contributed by atoms with E-state index in [0.717, 1.165) is 6.08 Å². The second-order valence-electron chi connectivity index (χ2n) is 5.50. The van der Waals surface area contributed by atoms with Crippen LogP contribution in [-0.4, -0.2) is 22.7 Å². The molecule has 4 nitrogen and oxygen atoms in total. The summed E-state index contributed by atoms with van der Waals surface area (Å²) in [4.78, 5) is 9.59. The zero-order valence-electron chi connectivity index (χ0n) is 12.9. The Bertz CT molecular complexity index is 974. The van der Waals surface area contributed by atoms with Crippen LogP contribution < -0.4 is 4.90 Å². The smallest absolute Gasteiger partial charge is 0.431 e. The molecule has 126 valence electrons. The van der Waals surface area contributed by atoms with E-state index in [1.165, 1.54) is 11.0 Å². The largest absolute Gasteiger partial charge is 0.436 e. The number of oxazole rings is 1. The molecule has 25 heavy (non-hydrogen) atoms. The van der Waals surface area contributed by atoms with Gasteiger partial charge in [0.1, 0.15) is 11.2 Å². The SMILES string of the molecule is FC(F)(F)C1=CC=CCN1c1ccc2oc(-c3cccnc3)nc2c1. The number of anilines is 1. The van der Waals surface area contributed by atoms with Gasteiger partial charge in [-0.05, 0) is 36.4 Å². The highest BCUT2D eigenvalue weighted by Gasteiger charge is 2.38. The molecule has 1 aliphatic rings. The summed E-state index contributed by atoms with van der Waals surface area (Å²) in [5.74, 6) is 0.380. The first kappa shape index (κ1) is 15.4. The second-order valence-corrected chi connectivity index (χ2v) is 5.50. The average Bonchev–Trinajstić information content (AvgIpc) is 3.05. The van der Waals surface area contributed by atoms with Crippen molar-refractivity contribution in [2.24, 2.45) is 0 Å². The Morgan fingerprint density at radius 2 is 2.04 bits per heavy atom. The fraction of sp³-hybridized carbons (Fsp3) is 0.111. The summed E-state index contributed by atoms with van der Waals surface area (Å²) in [5, 5.41) is 0. The molecule has 4 rings (SSSR count). The minimum absolute atomic E-state index is 0.143. The molecule has 0 radical (unpaired) electrons. The number of hydrogen-bond acceptors (Lipinski definition) is 4. The number of hydrogen-bond donors (Lipinski definition) is 0. The molecule has 0 aliphatic carbocycles. The lowest BCUT2D eigenvalue weighted by molar-refractivity contribution is -0.0933. The third kappa shape index (κ3) is 2.88. The fourth-order valence-electron chi connectivity index (χ4n) is 2.70. The number of aromatic nitrogens is 2. The molecular weight excluding hydrogens is 331 g/mol. The van der Waals surface area contributed by atoms with Crippen molar-refractivity contribution in [1.29, 1.82) is 0 Å². The quantitative estimate of drug-likeness (QED) is 0.676. The summed E-state index contributed by atoms with van der Waals surface area (Å²) in [6, 6.07) is 8.38. The Morgan fingerprint density at radius 1 is 1.16 bits per heavy atom. The first-order valence-electron chi connectivity index (χ1n) is 7.55. The summed E-state index contributed by atoms with van der Waals surface area (Å²) >= 11 is 0. The van der Waals surface area contributed by atoms with Gasteiger partial charge in [-0.3, -0.25) is 4.98 Å². The van der Waals surface area contributed by atoms with E-state index in [9.17, 15) is 13.2 Å². The number of allylic oxidation sites excluding steroid dienone is 3. The Labute approximate surface area is 140 Å². The molecule has 0 saturated heterocycles. The molecule has 7 heteroatoms. The number of benzene rings is 1. The van der Waals surface area contributed by atoms with E-state index in [1.54, 1.807) is 48.8 Å². The number of alkyl halides is 3. The lowest BCUT2D eigenvalue weighted by atomic mass is 10.2. The molecule has 0 spiro atoms. The van der Waals surface area contributed by atoms with Gasteiger partial charge in [0.2, 0.25) is 5.89 Å². The van der Waals surface area contributed by atoms with Crippen LogP contribution in [0.2, 0.25) is 0 Å². The van der Waals surface area contributed by atoms with E-state index < -0.39 is 11.9 Å². The van der Waals surface area contributed by atoms with Crippen LogP contribution in [0.15, 0.2) is 71.1 Å². The van der Waals surface area contributed by atoms with Crippen molar-refractivity contribution >= 4 is 16.8 Å². The van der Waals surface area contributed by atoms with Crippen LogP contribution in [0, 0.1) is 0 Å². The normalized spacial score (nSPS) is 14.8. The van der Waals surface area contributed by atoms with E-state index in [2.05, 4.69) is 9.97 Å². The minimum atomic E-state index is -4.43. The van der Waals surface area contributed by atoms with Crippen LogP contribution in [0.5, 0.6) is 0 Å². The molecule has 0 saturated carbocycles. The third-order valence-electron chi connectivity index (χ3n) is 3.85. The van der Waals surface area contributed by atoms with E-state index in [0.29, 0.717) is 28.2 Å². The number of fused-ring (bicyclic) bond motifs is 1. The molecule has 2 aromatic heterocycles. The number of pyridine rings is 1. The molecule has 0 bridgehead atoms. The van der Waals surface area contributed by atoms with Crippen molar-refractivity contribution in [3.8, 4) is 11.5 Å². The molecule has 0 amide bonds. The maximum absolute atomic E-state index is 13.2. The highest BCUT2D eigenvalue weighted by atomic mass is 19.4. The first-order chi connectivity index (χ1) is 12.0. The predicted octanol–water partition coefficient (Wildman–Crippen LogP) is 4.71. The summed E-state index contributed by atoms with van der Waals surface area (Å²) in [5.41, 5.74) is 1.41. The lowest BCUT2D eigenvalue weighted by Crippen LogP contribution is -2.33. The second kappa shape index (κ2) is 5.77. The summed E-state index contributed by atoms with van der Waals surface area (Å²) in [7, 11) is 0. The van der Waals surface area contributed by atoms with Gasteiger partial charge in [0.25, 0.3) is 0 Å². The van der Waals surface area contributed by atoms with E-state index >= 15 is 0 Å². The fourth-order valence-corrected chi connectivity index (χ4v) is 2.70. The van der Waals surface area contributed by atoms with Gasteiger partial charge in [-0.15, -0.1) is 0 Å². The maximum Gasteiger partial charge on any atom is 0.431 e. The van der Waals surface area contributed by atoms with Gasteiger partial charge >= 0.3 is 6.18 Å². The van der Waals surface area contributed by atoms with Crippen molar-refractivity contribution < 1.29 is 17.6 Å². The molecule has 0 unspecified atom stereocenters. The molecule has 1 aliphatic heterocycles. The van der Waals surface area contributed by atoms with Gasteiger partial charge in [0.15, 0.2) is 5.58 Å². The Morgan fingerprint density at radius 3 is 2.80 bits per heavy atom. The molecule has 3 aromatic rings. The van der Waals surface area contributed by atoms with Gasteiger partial charge in [0.05, 0.1) is 5.56 Å². The summed E-state index contributed by atoms with van der Waals surface area (Å²) in [6.07, 6.45) is 2.98. The van der Waals surface area contributed by atoms with E-state index in [4.69, 9.17) is 4.42 Å². The Kier molecular flexibility index (Phi) is 3.56. The van der Waals surface area contributed by atoms with Crippen LogP contribution >= 0.6 is 0 Å². The van der Waals surface area contributed by atoms with Crippen molar-refractivity contribution in [3.05, 3.63) is 66.7 Å². The molecule has 0 fully saturated rings. The predicted molar refractivity (Wildman–Crippen MR) is 87.9 cm³/mol. The van der Waals surface area contributed by atoms with Crippen LogP contribution in [-0.2, 0) is 0 Å². The average molecular weight is 343 g/mol. The zero-order chi connectivity index (χ0) is 17.4. The van der Waals surface area contributed by atoms with Crippen molar-refractivity contribution in [2.45, 2.75) is 6.18 Å². The molecule has 0 N–H and O–H groups in total. The molecule has 1 aromatic carbocycles. The van der Waals surface area contributed by atoms with E-state index in [-0.39, 0.29) is 6.54 Å². The first-order valence-corrected chi connectivity index (χ1v) is 7.55. The third-order valence-corrected chi connectivity index (χ3v) is 3.85. The van der Waals surface area contributed by atoms with Gasteiger partial charge in [-0.25, -0.2) is 4.98 Å². The van der Waals surface area contributed by atoms with Gasteiger partial charge in [0, 0.05) is 24.6 Å². The minimum Gasteiger partial charge on any atom is -0.436 e. The number of nitrogens with zero attached hydrogens (tertiary/aromatic N) is 3.